The Hall–Kier alpha value is -2.14. The molecule has 1 aromatic heterocycles. The van der Waals surface area contributed by atoms with Gasteiger partial charge in [-0.1, -0.05) is 0 Å². The summed E-state index contributed by atoms with van der Waals surface area (Å²) in [5, 5.41) is 0. The molecular formula is C13H11FN2O2. The zero-order valence-electron chi connectivity index (χ0n) is 9.42. The first-order valence-corrected chi connectivity index (χ1v) is 5.56. The Balaban J connectivity index is 1.95. The number of nitrogens with two attached hydrogens (primary N) is 1. The molecule has 1 aliphatic heterocycles. The third-order valence-corrected chi connectivity index (χ3v) is 3.08. The van der Waals surface area contributed by atoms with Gasteiger partial charge in [0.2, 0.25) is 5.91 Å². The minimum Gasteiger partial charge on any atom is -0.467 e. The largest absolute Gasteiger partial charge is 0.467 e. The smallest absolute Gasteiger partial charge is 0.247 e. The summed E-state index contributed by atoms with van der Waals surface area (Å²) in [6, 6.07) is 8.31. The van der Waals surface area contributed by atoms with Crippen LogP contribution in [-0.4, -0.2) is 11.9 Å². The molecule has 4 nitrogen and oxygen atoms in total. The molecule has 1 saturated heterocycles. The summed E-state index contributed by atoms with van der Waals surface area (Å²) in [5.41, 5.74) is 6.41. The average Bonchev–Trinajstić information content (AvgIpc) is 2.89. The molecule has 18 heavy (non-hydrogen) atoms. The van der Waals surface area contributed by atoms with Gasteiger partial charge in [0.1, 0.15) is 23.7 Å². The number of hydrogen-bond donors (Lipinski definition) is 1. The molecule has 1 aromatic carbocycles. The van der Waals surface area contributed by atoms with E-state index in [1.165, 1.54) is 23.3 Å². The first-order chi connectivity index (χ1) is 8.68. The fourth-order valence-electron chi connectivity index (χ4n) is 2.16. The summed E-state index contributed by atoms with van der Waals surface area (Å²) in [4.78, 5) is 13.3. The van der Waals surface area contributed by atoms with Crippen molar-refractivity contribution in [2.24, 2.45) is 5.73 Å². The van der Waals surface area contributed by atoms with Gasteiger partial charge in [-0.05, 0) is 36.4 Å². The zero-order chi connectivity index (χ0) is 12.7. The number of hydrogen-bond acceptors (Lipinski definition) is 3. The Kier molecular flexibility index (Phi) is 2.41. The number of rotatable bonds is 2. The second-order valence-electron chi connectivity index (χ2n) is 4.17. The lowest BCUT2D eigenvalue weighted by Gasteiger charge is -2.44. The number of amides is 1. The van der Waals surface area contributed by atoms with Crippen molar-refractivity contribution in [3.63, 3.8) is 0 Å². The minimum absolute atomic E-state index is 0.192. The normalized spacial score (nSPS) is 23.0. The number of nitrogens with zero attached hydrogens (tertiary/aromatic N) is 1. The van der Waals surface area contributed by atoms with Crippen LogP contribution in [0.5, 0.6) is 0 Å². The van der Waals surface area contributed by atoms with Crippen LogP contribution in [0.15, 0.2) is 47.1 Å². The van der Waals surface area contributed by atoms with Crippen molar-refractivity contribution in [3.05, 3.63) is 54.2 Å². The van der Waals surface area contributed by atoms with Crippen molar-refractivity contribution < 1.29 is 13.6 Å². The Labute approximate surface area is 103 Å². The zero-order valence-corrected chi connectivity index (χ0v) is 9.42. The molecule has 0 bridgehead atoms. The van der Waals surface area contributed by atoms with Crippen molar-refractivity contribution >= 4 is 11.6 Å². The monoisotopic (exact) mass is 246 g/mol. The van der Waals surface area contributed by atoms with Crippen molar-refractivity contribution in [1.82, 2.24) is 0 Å². The van der Waals surface area contributed by atoms with Crippen molar-refractivity contribution in [1.29, 1.82) is 0 Å². The van der Waals surface area contributed by atoms with E-state index in [-0.39, 0.29) is 17.8 Å². The van der Waals surface area contributed by atoms with E-state index in [1.807, 2.05) is 0 Å². The number of furan rings is 1. The van der Waals surface area contributed by atoms with Gasteiger partial charge < -0.3 is 10.2 Å². The maximum atomic E-state index is 12.9. The Morgan fingerprint density at radius 3 is 2.56 bits per heavy atom. The summed E-state index contributed by atoms with van der Waals surface area (Å²) in [5.74, 6) is 0.0972. The van der Waals surface area contributed by atoms with Crippen molar-refractivity contribution in [2.45, 2.75) is 12.1 Å². The predicted molar refractivity (Wildman–Crippen MR) is 63.3 cm³/mol. The van der Waals surface area contributed by atoms with Gasteiger partial charge in [0, 0.05) is 5.69 Å². The van der Waals surface area contributed by atoms with Crippen LogP contribution in [0.2, 0.25) is 0 Å². The summed E-state index contributed by atoms with van der Waals surface area (Å²) < 4.78 is 18.2. The van der Waals surface area contributed by atoms with Gasteiger partial charge in [-0.3, -0.25) is 9.69 Å². The topological polar surface area (TPSA) is 59.5 Å². The summed E-state index contributed by atoms with van der Waals surface area (Å²) >= 11 is 0. The maximum Gasteiger partial charge on any atom is 0.247 e. The van der Waals surface area contributed by atoms with Crippen LogP contribution in [0.4, 0.5) is 10.1 Å². The molecule has 1 amide bonds. The number of halogens is 1. The predicted octanol–water partition coefficient (Wildman–Crippen LogP) is 1.83. The second kappa shape index (κ2) is 3.96. The molecule has 0 radical (unpaired) electrons. The number of carbonyl (C=O) groups excluding carboxylic acids is 1. The molecule has 0 aliphatic carbocycles. The first kappa shape index (κ1) is 11.0. The Morgan fingerprint density at radius 2 is 1.94 bits per heavy atom. The SMILES string of the molecule is N[C@@H]1C(=O)N(c2ccc(F)cc2)[C@H]1c1ccco1. The van der Waals surface area contributed by atoms with E-state index < -0.39 is 6.04 Å². The molecular weight excluding hydrogens is 235 g/mol. The van der Waals surface area contributed by atoms with Gasteiger partial charge in [0.25, 0.3) is 0 Å². The molecule has 0 spiro atoms. The fourth-order valence-corrected chi connectivity index (χ4v) is 2.16. The van der Waals surface area contributed by atoms with Crippen LogP contribution in [0.25, 0.3) is 0 Å². The van der Waals surface area contributed by atoms with Gasteiger partial charge in [-0.15, -0.1) is 0 Å². The number of benzene rings is 1. The van der Waals surface area contributed by atoms with Crippen LogP contribution < -0.4 is 10.6 Å². The standard InChI is InChI=1S/C13H11FN2O2/c14-8-3-5-9(6-4-8)16-12(11(15)13(16)17)10-2-1-7-18-10/h1-7,11-12H,15H2/t11-,12-/m0/s1. The van der Waals surface area contributed by atoms with E-state index in [1.54, 1.807) is 24.3 Å². The summed E-state index contributed by atoms with van der Waals surface area (Å²) in [6.07, 6.45) is 1.54. The average molecular weight is 246 g/mol. The highest BCUT2D eigenvalue weighted by molar-refractivity contribution is 6.05. The highest BCUT2D eigenvalue weighted by atomic mass is 19.1. The van der Waals surface area contributed by atoms with E-state index in [4.69, 9.17) is 10.2 Å². The minimum atomic E-state index is -0.610. The molecule has 92 valence electrons. The Morgan fingerprint density at radius 1 is 1.22 bits per heavy atom. The van der Waals surface area contributed by atoms with E-state index in [0.29, 0.717) is 11.4 Å². The van der Waals surface area contributed by atoms with Gasteiger partial charge in [0.05, 0.1) is 6.26 Å². The molecule has 0 unspecified atom stereocenters. The van der Waals surface area contributed by atoms with E-state index >= 15 is 0 Å². The molecule has 0 saturated carbocycles. The summed E-state index contributed by atoms with van der Waals surface area (Å²) in [6.45, 7) is 0. The van der Waals surface area contributed by atoms with Crippen LogP contribution >= 0.6 is 0 Å². The highest BCUT2D eigenvalue weighted by Gasteiger charge is 2.48. The lowest BCUT2D eigenvalue weighted by Crippen LogP contribution is -2.63. The lowest BCUT2D eigenvalue weighted by molar-refractivity contribution is -0.126. The van der Waals surface area contributed by atoms with Gasteiger partial charge in [-0.25, -0.2) is 4.39 Å². The van der Waals surface area contributed by atoms with Crippen LogP contribution in [0.3, 0.4) is 0 Å². The number of β-lactam (4-membered cyclic amide) rings is 1. The first-order valence-electron chi connectivity index (χ1n) is 5.56. The molecule has 2 atom stereocenters. The molecule has 1 fully saturated rings. The van der Waals surface area contributed by atoms with E-state index in [0.717, 1.165) is 0 Å². The fraction of sp³-hybridized carbons (Fsp3) is 0.154. The van der Waals surface area contributed by atoms with E-state index in [2.05, 4.69) is 0 Å². The van der Waals surface area contributed by atoms with Crippen LogP contribution in [0.1, 0.15) is 11.8 Å². The lowest BCUT2D eigenvalue weighted by atomic mass is 9.92. The van der Waals surface area contributed by atoms with Crippen LogP contribution in [0, 0.1) is 5.82 Å². The van der Waals surface area contributed by atoms with Gasteiger partial charge in [0.15, 0.2) is 0 Å². The molecule has 2 N–H and O–H groups in total. The molecule has 2 heterocycles. The van der Waals surface area contributed by atoms with Crippen molar-refractivity contribution in [3.8, 4) is 0 Å². The highest BCUT2D eigenvalue weighted by Crippen LogP contribution is 2.38. The molecule has 2 aromatic rings. The maximum absolute atomic E-state index is 12.9. The van der Waals surface area contributed by atoms with Crippen LogP contribution in [-0.2, 0) is 4.79 Å². The molecule has 1 aliphatic rings. The second-order valence-corrected chi connectivity index (χ2v) is 4.17. The van der Waals surface area contributed by atoms with Gasteiger partial charge in [-0.2, -0.15) is 0 Å². The molecule has 5 heteroatoms. The number of anilines is 1. The quantitative estimate of drug-likeness (QED) is 0.822. The number of carbonyl (C=O) groups is 1. The van der Waals surface area contributed by atoms with Gasteiger partial charge >= 0.3 is 0 Å². The molecule has 3 rings (SSSR count). The van der Waals surface area contributed by atoms with Crippen molar-refractivity contribution in [2.75, 3.05) is 4.90 Å². The third kappa shape index (κ3) is 1.52. The Bertz CT molecular complexity index is 565. The summed E-state index contributed by atoms with van der Waals surface area (Å²) in [7, 11) is 0. The van der Waals surface area contributed by atoms with E-state index in [9.17, 15) is 9.18 Å². The third-order valence-electron chi connectivity index (χ3n) is 3.08.